The fraction of sp³-hybridized carbons (Fsp3) is 0.357. The standard InChI is InChI=1S/C14H17ClN2O2/c1-11(6-5-9-17(2)3)19-14(18)16-13-8-4-7-12(15)10-13/h4,7-8,10-11H,9H2,1-3H3,(H,16,18)/t11-/m1/s1. The zero-order valence-corrected chi connectivity index (χ0v) is 12.0. The number of hydrogen-bond acceptors (Lipinski definition) is 3. The lowest BCUT2D eigenvalue weighted by Crippen LogP contribution is -2.19. The molecule has 1 aromatic rings. The minimum atomic E-state index is -0.547. The van der Waals surface area contributed by atoms with Crippen molar-refractivity contribution in [3.8, 4) is 11.8 Å². The Bertz CT molecular complexity index is 492. The first-order chi connectivity index (χ1) is 8.97. The average molecular weight is 281 g/mol. The Morgan fingerprint density at radius 3 is 2.89 bits per heavy atom. The zero-order valence-electron chi connectivity index (χ0n) is 11.2. The van der Waals surface area contributed by atoms with Gasteiger partial charge in [0, 0.05) is 10.7 Å². The maximum Gasteiger partial charge on any atom is 0.412 e. The van der Waals surface area contributed by atoms with Gasteiger partial charge in [-0.15, -0.1) is 0 Å². The predicted octanol–water partition coefficient (Wildman–Crippen LogP) is 2.84. The van der Waals surface area contributed by atoms with Gasteiger partial charge >= 0.3 is 6.09 Å². The Labute approximate surface area is 118 Å². The lowest BCUT2D eigenvalue weighted by molar-refractivity contribution is 0.145. The van der Waals surface area contributed by atoms with E-state index in [1.54, 1.807) is 31.2 Å². The number of benzene rings is 1. The first kappa shape index (κ1) is 15.4. The van der Waals surface area contributed by atoms with E-state index in [1.807, 2.05) is 19.0 Å². The van der Waals surface area contributed by atoms with Crippen molar-refractivity contribution < 1.29 is 9.53 Å². The quantitative estimate of drug-likeness (QED) is 0.866. The highest BCUT2D eigenvalue weighted by Gasteiger charge is 2.07. The molecule has 0 radical (unpaired) electrons. The van der Waals surface area contributed by atoms with Gasteiger partial charge in [-0.1, -0.05) is 29.5 Å². The summed E-state index contributed by atoms with van der Waals surface area (Å²) in [7, 11) is 3.85. The highest BCUT2D eigenvalue weighted by atomic mass is 35.5. The maximum atomic E-state index is 11.6. The van der Waals surface area contributed by atoms with Crippen molar-refractivity contribution in [1.29, 1.82) is 0 Å². The fourth-order valence-electron chi connectivity index (χ4n) is 1.25. The van der Waals surface area contributed by atoms with Crippen LogP contribution in [0.4, 0.5) is 10.5 Å². The third kappa shape index (κ3) is 6.70. The smallest absolute Gasteiger partial charge is 0.412 e. The lowest BCUT2D eigenvalue weighted by atomic mass is 10.3. The van der Waals surface area contributed by atoms with Gasteiger partial charge < -0.3 is 4.74 Å². The molecule has 0 saturated heterocycles. The van der Waals surface area contributed by atoms with Crippen LogP contribution in [0.2, 0.25) is 5.02 Å². The van der Waals surface area contributed by atoms with Crippen molar-refractivity contribution >= 4 is 23.4 Å². The van der Waals surface area contributed by atoms with Crippen LogP contribution in [0.25, 0.3) is 0 Å². The second kappa shape index (κ2) is 7.67. The Morgan fingerprint density at radius 1 is 1.53 bits per heavy atom. The summed E-state index contributed by atoms with van der Waals surface area (Å²) < 4.78 is 5.09. The minimum absolute atomic E-state index is 0.459. The number of rotatable bonds is 3. The molecule has 0 aliphatic carbocycles. The molecule has 1 N–H and O–H groups in total. The molecule has 0 aliphatic rings. The van der Waals surface area contributed by atoms with Crippen LogP contribution in [0.15, 0.2) is 24.3 Å². The monoisotopic (exact) mass is 280 g/mol. The van der Waals surface area contributed by atoms with Crippen LogP contribution < -0.4 is 5.32 Å². The van der Waals surface area contributed by atoms with E-state index in [2.05, 4.69) is 17.2 Å². The molecule has 0 spiro atoms. The molecule has 0 aromatic heterocycles. The van der Waals surface area contributed by atoms with Crippen LogP contribution in [0.1, 0.15) is 6.92 Å². The Balaban J connectivity index is 2.44. The van der Waals surface area contributed by atoms with Gasteiger partial charge in [-0.3, -0.25) is 10.2 Å². The van der Waals surface area contributed by atoms with Crippen molar-refractivity contribution in [3.63, 3.8) is 0 Å². The van der Waals surface area contributed by atoms with Gasteiger partial charge in [0.25, 0.3) is 0 Å². The largest absolute Gasteiger partial charge is 0.433 e. The topological polar surface area (TPSA) is 41.6 Å². The number of hydrogen-bond donors (Lipinski definition) is 1. The van der Waals surface area contributed by atoms with Gasteiger partial charge in [0.1, 0.15) is 0 Å². The van der Waals surface area contributed by atoms with E-state index in [9.17, 15) is 4.79 Å². The molecule has 1 rings (SSSR count). The molecule has 0 aliphatic heterocycles. The predicted molar refractivity (Wildman–Crippen MR) is 77.3 cm³/mol. The second-order valence-electron chi connectivity index (χ2n) is 4.24. The zero-order chi connectivity index (χ0) is 14.3. The number of nitrogens with zero attached hydrogens (tertiary/aromatic N) is 1. The molecule has 0 heterocycles. The lowest BCUT2D eigenvalue weighted by Gasteiger charge is -2.09. The van der Waals surface area contributed by atoms with Gasteiger partial charge in [0.15, 0.2) is 6.10 Å². The second-order valence-corrected chi connectivity index (χ2v) is 4.68. The molecule has 1 aromatic carbocycles. The SMILES string of the molecule is C[C@H](C#CCN(C)C)OC(=O)Nc1cccc(Cl)c1. The van der Waals surface area contributed by atoms with E-state index in [0.29, 0.717) is 17.3 Å². The summed E-state index contributed by atoms with van der Waals surface area (Å²) in [5, 5.41) is 3.14. The van der Waals surface area contributed by atoms with Crippen LogP contribution in [-0.4, -0.2) is 37.7 Å². The summed E-state index contributed by atoms with van der Waals surface area (Å²) in [4.78, 5) is 13.5. The first-order valence-electron chi connectivity index (χ1n) is 5.83. The molecule has 0 fully saturated rings. The normalized spacial score (nSPS) is 11.4. The maximum absolute atomic E-state index is 11.6. The summed E-state index contributed by atoms with van der Waals surface area (Å²) in [5.41, 5.74) is 0.589. The van der Waals surface area contributed by atoms with Gasteiger partial charge in [-0.25, -0.2) is 4.79 Å². The summed E-state index contributed by atoms with van der Waals surface area (Å²) in [6.45, 7) is 2.35. The average Bonchev–Trinajstić information content (AvgIpc) is 2.27. The summed E-state index contributed by atoms with van der Waals surface area (Å²) in [6.07, 6.45) is -1.01. The third-order valence-corrected chi connectivity index (χ3v) is 2.29. The number of carbonyl (C=O) groups excluding carboxylic acids is 1. The fourth-order valence-corrected chi connectivity index (χ4v) is 1.44. The molecule has 1 atom stereocenters. The molecule has 0 saturated carbocycles. The van der Waals surface area contributed by atoms with E-state index in [1.165, 1.54) is 0 Å². The van der Waals surface area contributed by atoms with Gasteiger partial charge in [-0.2, -0.15) is 0 Å². The highest BCUT2D eigenvalue weighted by molar-refractivity contribution is 6.30. The molecule has 1 amide bonds. The van der Waals surface area contributed by atoms with Crippen LogP contribution in [-0.2, 0) is 4.74 Å². The number of nitrogens with one attached hydrogen (secondary N) is 1. The number of anilines is 1. The number of ether oxygens (including phenoxy) is 1. The van der Waals surface area contributed by atoms with Crippen LogP contribution in [0.5, 0.6) is 0 Å². The van der Waals surface area contributed by atoms with Crippen molar-refractivity contribution in [3.05, 3.63) is 29.3 Å². The first-order valence-corrected chi connectivity index (χ1v) is 6.21. The van der Waals surface area contributed by atoms with Gasteiger partial charge in [-0.05, 0) is 39.2 Å². The molecule has 0 bridgehead atoms. The molecule has 0 unspecified atom stereocenters. The van der Waals surface area contributed by atoms with E-state index < -0.39 is 12.2 Å². The van der Waals surface area contributed by atoms with Crippen LogP contribution in [0.3, 0.4) is 0 Å². The van der Waals surface area contributed by atoms with Gasteiger partial charge in [0.2, 0.25) is 0 Å². The summed E-state index contributed by atoms with van der Waals surface area (Å²) in [5.74, 6) is 5.75. The van der Waals surface area contributed by atoms with Crippen LogP contribution in [0, 0.1) is 11.8 Å². The number of amides is 1. The molecule has 5 heteroatoms. The Kier molecular flexibility index (Phi) is 6.20. The van der Waals surface area contributed by atoms with E-state index in [-0.39, 0.29) is 0 Å². The third-order valence-electron chi connectivity index (χ3n) is 2.06. The van der Waals surface area contributed by atoms with Crippen molar-refractivity contribution in [2.24, 2.45) is 0 Å². The molecular formula is C14H17ClN2O2. The van der Waals surface area contributed by atoms with Crippen molar-refractivity contribution in [2.45, 2.75) is 13.0 Å². The number of halogens is 1. The van der Waals surface area contributed by atoms with E-state index >= 15 is 0 Å². The Hall–Kier alpha value is -1.70. The van der Waals surface area contributed by atoms with E-state index in [4.69, 9.17) is 16.3 Å². The highest BCUT2D eigenvalue weighted by Crippen LogP contribution is 2.15. The molecule has 4 nitrogen and oxygen atoms in total. The van der Waals surface area contributed by atoms with Gasteiger partial charge in [0.05, 0.1) is 6.54 Å². The molecule has 102 valence electrons. The summed E-state index contributed by atoms with van der Waals surface area (Å²) >= 11 is 5.81. The van der Waals surface area contributed by atoms with E-state index in [0.717, 1.165) is 0 Å². The Morgan fingerprint density at radius 2 is 2.26 bits per heavy atom. The molecular weight excluding hydrogens is 264 g/mol. The summed E-state index contributed by atoms with van der Waals surface area (Å²) in [6, 6.07) is 6.85. The van der Waals surface area contributed by atoms with Crippen molar-refractivity contribution in [1.82, 2.24) is 4.90 Å². The minimum Gasteiger partial charge on any atom is -0.433 e. The van der Waals surface area contributed by atoms with Crippen molar-refractivity contribution in [2.75, 3.05) is 26.0 Å². The number of carbonyl (C=O) groups is 1. The van der Waals surface area contributed by atoms with Crippen LogP contribution >= 0.6 is 11.6 Å². The molecule has 19 heavy (non-hydrogen) atoms.